The van der Waals surface area contributed by atoms with Gasteiger partial charge < -0.3 is 54.7 Å². The molecule has 11 nitrogen and oxygen atoms in total. The summed E-state index contributed by atoms with van der Waals surface area (Å²) >= 11 is 0. The lowest BCUT2D eigenvalue weighted by atomic mass is 9.83. The van der Waals surface area contributed by atoms with Gasteiger partial charge in [-0.25, -0.2) is 0 Å². The summed E-state index contributed by atoms with van der Waals surface area (Å²) in [6, 6.07) is 9.80. The van der Waals surface area contributed by atoms with Crippen LogP contribution in [0.2, 0.25) is 0 Å². The fraction of sp³-hybridized carbons (Fsp3) is 0.538. The van der Waals surface area contributed by atoms with E-state index in [0.717, 1.165) is 11.1 Å². The van der Waals surface area contributed by atoms with Gasteiger partial charge in [-0.2, -0.15) is 0 Å². The highest BCUT2D eigenvalue weighted by Gasteiger charge is 2.44. The molecule has 7 N–H and O–H groups in total. The number of aliphatic hydroxyl groups is 5. The second kappa shape index (κ2) is 13.2. The molecule has 1 aliphatic rings. The largest absolute Gasteiger partial charge is 0.504 e. The maximum absolute atomic E-state index is 10.4. The summed E-state index contributed by atoms with van der Waals surface area (Å²) in [5.74, 6) is -0.160. The normalized spacial score (nSPS) is 25.4. The SMILES string of the molecule is COc1cc(C[C@@H](CO)[C@@H](CO[C@@H]2O[C@@H](CO)[C@@H](O)[C@@H](O)[C@H]2O)Cc2ccc(O)c(OC)c2)ccc1O. The Morgan fingerprint density at radius 2 is 1.32 bits per heavy atom. The molecule has 7 atom stereocenters. The van der Waals surface area contributed by atoms with Gasteiger partial charge in [0.25, 0.3) is 0 Å². The summed E-state index contributed by atoms with van der Waals surface area (Å²) in [5, 5.41) is 70.1. The van der Waals surface area contributed by atoms with Crippen LogP contribution < -0.4 is 9.47 Å². The van der Waals surface area contributed by atoms with Gasteiger partial charge >= 0.3 is 0 Å². The molecular weight excluding hydrogens is 488 g/mol. The first-order chi connectivity index (χ1) is 17.7. The van der Waals surface area contributed by atoms with Crippen molar-refractivity contribution in [1.82, 2.24) is 0 Å². The van der Waals surface area contributed by atoms with Gasteiger partial charge in [-0.3, -0.25) is 0 Å². The molecule has 0 spiro atoms. The van der Waals surface area contributed by atoms with Crippen LogP contribution in [0.4, 0.5) is 0 Å². The minimum atomic E-state index is -1.58. The molecule has 37 heavy (non-hydrogen) atoms. The van der Waals surface area contributed by atoms with Crippen LogP contribution in [0, 0.1) is 11.8 Å². The molecule has 3 rings (SSSR count). The van der Waals surface area contributed by atoms with Gasteiger partial charge in [0.05, 0.1) is 27.4 Å². The Hall–Kier alpha value is -2.64. The lowest BCUT2D eigenvalue weighted by Gasteiger charge is -2.40. The van der Waals surface area contributed by atoms with Gasteiger partial charge in [0, 0.05) is 6.61 Å². The maximum atomic E-state index is 10.4. The van der Waals surface area contributed by atoms with E-state index in [1.165, 1.54) is 26.4 Å². The smallest absolute Gasteiger partial charge is 0.186 e. The zero-order valence-corrected chi connectivity index (χ0v) is 20.8. The molecule has 0 unspecified atom stereocenters. The van der Waals surface area contributed by atoms with Crippen LogP contribution in [0.1, 0.15) is 11.1 Å². The van der Waals surface area contributed by atoms with Crippen LogP contribution in [-0.4, -0.2) is 100 Å². The zero-order valence-electron chi connectivity index (χ0n) is 20.8. The number of phenolic OH excluding ortho intramolecular Hbond substituents is 2. The topological polar surface area (TPSA) is 179 Å². The molecule has 1 saturated heterocycles. The van der Waals surface area contributed by atoms with E-state index in [9.17, 15) is 35.7 Å². The predicted octanol–water partition coefficient (Wildman–Crippen LogP) is -0.0586. The number of phenols is 2. The third kappa shape index (κ3) is 7.02. The summed E-state index contributed by atoms with van der Waals surface area (Å²) in [6.07, 6.45) is -6.29. The Bertz CT molecular complexity index is 998. The maximum Gasteiger partial charge on any atom is 0.186 e. The van der Waals surface area contributed by atoms with Gasteiger partial charge in [-0.15, -0.1) is 0 Å². The molecule has 0 saturated carbocycles. The van der Waals surface area contributed by atoms with Gasteiger partial charge in [-0.05, 0) is 60.1 Å². The monoisotopic (exact) mass is 524 g/mol. The van der Waals surface area contributed by atoms with Crippen molar-refractivity contribution < 1.29 is 54.7 Å². The molecule has 0 bridgehead atoms. The molecule has 0 aromatic heterocycles. The highest BCUT2D eigenvalue weighted by atomic mass is 16.7. The van der Waals surface area contributed by atoms with E-state index in [0.29, 0.717) is 18.6 Å². The number of hydrogen-bond acceptors (Lipinski definition) is 11. The van der Waals surface area contributed by atoms with Gasteiger partial charge in [0.2, 0.25) is 0 Å². The van der Waals surface area contributed by atoms with E-state index in [1.807, 2.05) is 0 Å². The number of ether oxygens (including phenoxy) is 4. The Balaban J connectivity index is 1.83. The average molecular weight is 525 g/mol. The van der Waals surface area contributed by atoms with Crippen molar-refractivity contribution in [3.63, 3.8) is 0 Å². The number of benzene rings is 2. The van der Waals surface area contributed by atoms with Crippen molar-refractivity contribution in [3.8, 4) is 23.0 Å². The number of aromatic hydroxyl groups is 2. The molecule has 1 aliphatic heterocycles. The predicted molar refractivity (Wildman–Crippen MR) is 131 cm³/mol. The molecule has 0 amide bonds. The van der Waals surface area contributed by atoms with E-state index in [2.05, 4.69) is 0 Å². The van der Waals surface area contributed by atoms with Crippen molar-refractivity contribution in [2.75, 3.05) is 34.0 Å². The summed E-state index contributed by atoms with van der Waals surface area (Å²) < 4.78 is 21.7. The van der Waals surface area contributed by atoms with Crippen molar-refractivity contribution in [2.24, 2.45) is 11.8 Å². The van der Waals surface area contributed by atoms with Crippen LogP contribution >= 0.6 is 0 Å². The number of hydrogen-bond donors (Lipinski definition) is 7. The summed E-state index contributed by atoms with van der Waals surface area (Å²) in [6.45, 7) is -0.822. The van der Waals surface area contributed by atoms with E-state index in [1.54, 1.807) is 24.3 Å². The van der Waals surface area contributed by atoms with Crippen molar-refractivity contribution in [1.29, 1.82) is 0 Å². The van der Waals surface area contributed by atoms with Crippen molar-refractivity contribution in [3.05, 3.63) is 47.5 Å². The second-order valence-electron chi connectivity index (χ2n) is 9.15. The standard InChI is InChI=1S/C26H36O11/c1-34-20-9-14(3-5-18(20)29)7-16(11-27)17(8-15-4-6-19(30)21(10-15)35-2)13-36-26-25(33)24(32)23(31)22(12-28)37-26/h3-6,9-10,16-17,22-33H,7-8,11-13H2,1-2H3/t16-,17+,22-,23+,24+,25+,26+/m0/s1. The highest BCUT2D eigenvalue weighted by molar-refractivity contribution is 5.43. The van der Waals surface area contributed by atoms with Crippen LogP contribution in [0.5, 0.6) is 23.0 Å². The molecule has 2 aromatic rings. The first-order valence-electron chi connectivity index (χ1n) is 12.0. The van der Waals surface area contributed by atoms with Crippen molar-refractivity contribution >= 4 is 0 Å². The number of aliphatic hydroxyl groups excluding tert-OH is 5. The first-order valence-corrected chi connectivity index (χ1v) is 12.0. The Kier molecular flexibility index (Phi) is 10.4. The average Bonchev–Trinajstić information content (AvgIpc) is 2.91. The van der Waals surface area contributed by atoms with Crippen LogP contribution in [-0.2, 0) is 22.3 Å². The third-order valence-electron chi connectivity index (χ3n) is 6.71. The molecular formula is C26H36O11. The highest BCUT2D eigenvalue weighted by Crippen LogP contribution is 2.32. The summed E-state index contributed by atoms with van der Waals surface area (Å²) in [7, 11) is 2.88. The number of rotatable bonds is 12. The van der Waals surface area contributed by atoms with E-state index in [4.69, 9.17) is 18.9 Å². The fourth-order valence-electron chi connectivity index (χ4n) is 4.47. The van der Waals surface area contributed by atoms with E-state index in [-0.39, 0.29) is 42.3 Å². The van der Waals surface area contributed by atoms with Gasteiger partial charge in [0.15, 0.2) is 29.3 Å². The molecule has 0 aliphatic carbocycles. The lowest BCUT2D eigenvalue weighted by molar-refractivity contribution is -0.304. The van der Waals surface area contributed by atoms with Crippen LogP contribution in [0.15, 0.2) is 36.4 Å². The minimum absolute atomic E-state index is 0.00881. The van der Waals surface area contributed by atoms with Gasteiger partial charge in [0.1, 0.15) is 24.4 Å². The molecule has 2 aromatic carbocycles. The second-order valence-corrected chi connectivity index (χ2v) is 9.15. The third-order valence-corrected chi connectivity index (χ3v) is 6.71. The van der Waals surface area contributed by atoms with E-state index < -0.39 is 37.3 Å². The van der Waals surface area contributed by atoms with Crippen LogP contribution in [0.25, 0.3) is 0 Å². The van der Waals surface area contributed by atoms with E-state index >= 15 is 0 Å². The zero-order chi connectivity index (χ0) is 27.1. The molecule has 206 valence electrons. The minimum Gasteiger partial charge on any atom is -0.504 e. The van der Waals surface area contributed by atoms with Crippen LogP contribution in [0.3, 0.4) is 0 Å². The Labute approximate surface area is 215 Å². The molecule has 1 fully saturated rings. The Morgan fingerprint density at radius 3 is 1.81 bits per heavy atom. The fourth-order valence-corrected chi connectivity index (χ4v) is 4.47. The first kappa shape index (κ1) is 28.9. The van der Waals surface area contributed by atoms with Gasteiger partial charge in [-0.1, -0.05) is 12.1 Å². The lowest BCUT2D eigenvalue weighted by Crippen LogP contribution is -2.59. The summed E-state index contributed by atoms with van der Waals surface area (Å²) in [5.41, 5.74) is 1.59. The van der Waals surface area contributed by atoms with Crippen molar-refractivity contribution in [2.45, 2.75) is 43.5 Å². The summed E-state index contributed by atoms with van der Waals surface area (Å²) in [4.78, 5) is 0. The molecule has 1 heterocycles. The number of methoxy groups -OCH3 is 2. The Morgan fingerprint density at radius 1 is 0.784 bits per heavy atom. The molecule has 0 radical (unpaired) electrons. The molecule has 11 heteroatoms. The quantitative estimate of drug-likeness (QED) is 0.198.